The van der Waals surface area contributed by atoms with Crippen LogP contribution in [0.5, 0.6) is 0 Å². The molecule has 0 bridgehead atoms. The predicted octanol–water partition coefficient (Wildman–Crippen LogP) is 5.22. The van der Waals surface area contributed by atoms with Crippen LogP contribution in [-0.2, 0) is 11.3 Å². The van der Waals surface area contributed by atoms with Crippen molar-refractivity contribution in [2.45, 2.75) is 32.2 Å². The Labute approximate surface area is 243 Å². The van der Waals surface area contributed by atoms with E-state index < -0.39 is 0 Å². The van der Waals surface area contributed by atoms with Gasteiger partial charge in [0.2, 0.25) is 5.91 Å². The van der Waals surface area contributed by atoms with Crippen LogP contribution in [0, 0.1) is 11.7 Å². The number of hydrogen-bond donors (Lipinski definition) is 2. The number of amides is 2. The quantitative estimate of drug-likeness (QED) is 0.283. The van der Waals surface area contributed by atoms with Crippen molar-refractivity contribution in [1.82, 2.24) is 9.80 Å². The molecule has 0 aromatic heterocycles. The van der Waals surface area contributed by atoms with Crippen LogP contribution < -0.4 is 16.0 Å². The molecular weight excluding hydrogens is 517 g/mol. The summed E-state index contributed by atoms with van der Waals surface area (Å²) in [6.07, 6.45) is 3.69. The Morgan fingerprint density at radius 2 is 1.63 bits per heavy atom. The molecule has 41 heavy (non-hydrogen) atoms. The highest BCUT2D eigenvalue weighted by molar-refractivity contribution is 6.06. The van der Waals surface area contributed by atoms with Crippen molar-refractivity contribution in [3.63, 3.8) is 0 Å². The summed E-state index contributed by atoms with van der Waals surface area (Å²) >= 11 is 0. The highest BCUT2D eigenvalue weighted by Crippen LogP contribution is 2.34. The van der Waals surface area contributed by atoms with Gasteiger partial charge in [0.1, 0.15) is 5.82 Å². The molecule has 1 fully saturated rings. The molecule has 0 radical (unpaired) electrons. The zero-order valence-electron chi connectivity index (χ0n) is 24.4. The van der Waals surface area contributed by atoms with Crippen molar-refractivity contribution in [2.24, 2.45) is 11.7 Å². The molecule has 1 aliphatic carbocycles. The molecule has 8 heteroatoms. The Morgan fingerprint density at radius 3 is 2.32 bits per heavy atom. The molecule has 4 rings (SSSR count). The first-order valence-corrected chi connectivity index (χ1v) is 14.4. The van der Waals surface area contributed by atoms with Gasteiger partial charge in [-0.15, -0.1) is 0 Å². The van der Waals surface area contributed by atoms with Crippen LogP contribution >= 0.6 is 0 Å². The summed E-state index contributed by atoms with van der Waals surface area (Å²) in [5.74, 6) is -0.306. The molecule has 0 heterocycles. The number of nitrogens with one attached hydrogen (secondary N) is 1. The minimum Gasteiger partial charge on any atom is -0.373 e. The lowest BCUT2D eigenvalue weighted by molar-refractivity contribution is -0.133. The molecule has 0 aliphatic heterocycles. The Balaban J connectivity index is 1.60. The summed E-state index contributed by atoms with van der Waals surface area (Å²) in [5.41, 5.74) is 10.7. The van der Waals surface area contributed by atoms with Gasteiger partial charge in [-0.05, 0) is 112 Å². The summed E-state index contributed by atoms with van der Waals surface area (Å²) in [4.78, 5) is 32.2. The first kappa shape index (κ1) is 30.2. The van der Waals surface area contributed by atoms with E-state index >= 15 is 0 Å². The van der Waals surface area contributed by atoms with Gasteiger partial charge in [0.25, 0.3) is 5.91 Å². The van der Waals surface area contributed by atoms with Crippen LogP contribution in [0.4, 0.5) is 15.8 Å². The molecular formula is C33H42FN5O2. The molecule has 1 aliphatic rings. The van der Waals surface area contributed by atoms with E-state index in [1.807, 2.05) is 42.3 Å². The van der Waals surface area contributed by atoms with E-state index in [-0.39, 0.29) is 23.5 Å². The number of rotatable bonds is 14. The van der Waals surface area contributed by atoms with Crippen LogP contribution in [0.15, 0.2) is 66.7 Å². The average Bonchev–Trinajstić information content (AvgIpc) is 3.81. The van der Waals surface area contributed by atoms with E-state index in [1.165, 1.54) is 24.3 Å². The van der Waals surface area contributed by atoms with E-state index in [9.17, 15) is 14.0 Å². The highest BCUT2D eigenvalue weighted by atomic mass is 19.1. The third kappa shape index (κ3) is 8.62. The number of nitrogens with zero attached hydrogens (tertiary/aromatic N) is 3. The third-order valence-corrected chi connectivity index (χ3v) is 7.37. The summed E-state index contributed by atoms with van der Waals surface area (Å²) in [5, 5.41) is 3.06. The van der Waals surface area contributed by atoms with Crippen molar-refractivity contribution < 1.29 is 14.0 Å². The minimum atomic E-state index is -0.384. The predicted molar refractivity (Wildman–Crippen MR) is 164 cm³/mol. The lowest BCUT2D eigenvalue weighted by Gasteiger charge is -2.25. The Kier molecular flexibility index (Phi) is 10.5. The van der Waals surface area contributed by atoms with Gasteiger partial charge in [0, 0.05) is 38.2 Å². The second-order valence-corrected chi connectivity index (χ2v) is 11.1. The third-order valence-electron chi connectivity index (χ3n) is 7.37. The summed E-state index contributed by atoms with van der Waals surface area (Å²) < 4.78 is 13.5. The molecule has 0 spiro atoms. The van der Waals surface area contributed by atoms with Crippen molar-refractivity contribution in [1.29, 1.82) is 0 Å². The average molecular weight is 560 g/mol. The molecule has 3 N–H and O–H groups in total. The fourth-order valence-electron chi connectivity index (χ4n) is 4.90. The van der Waals surface area contributed by atoms with Crippen molar-refractivity contribution in [3.8, 4) is 11.1 Å². The van der Waals surface area contributed by atoms with Crippen LogP contribution in [0.25, 0.3) is 11.1 Å². The number of nitrogens with two attached hydrogens (primary N) is 1. The van der Waals surface area contributed by atoms with E-state index in [2.05, 4.69) is 41.3 Å². The van der Waals surface area contributed by atoms with Gasteiger partial charge >= 0.3 is 0 Å². The molecule has 1 saturated carbocycles. The number of benzene rings is 3. The second-order valence-electron chi connectivity index (χ2n) is 11.1. The fourth-order valence-corrected chi connectivity index (χ4v) is 4.90. The lowest BCUT2D eigenvalue weighted by Crippen LogP contribution is -2.33. The van der Waals surface area contributed by atoms with Gasteiger partial charge in [-0.25, -0.2) is 4.39 Å². The smallest absolute Gasteiger partial charge is 0.255 e. The number of carbonyl (C=O) groups is 2. The normalized spacial score (nSPS) is 12.8. The maximum absolute atomic E-state index is 13.5. The SMILES string of the molecule is CN(C)CCCN(C)c1ccc(-c2cccc(CN(CCCN)C(=O)C3CC3)c2)cc1NC(=O)c1ccc(F)cc1. The van der Waals surface area contributed by atoms with Gasteiger partial charge in [0.15, 0.2) is 0 Å². The maximum Gasteiger partial charge on any atom is 0.255 e. The van der Waals surface area contributed by atoms with E-state index in [4.69, 9.17) is 5.73 Å². The standard InChI is InChI=1S/C33H42FN5O2/c1-37(2)18-6-19-38(3)31-16-13-28(22-30(31)36-32(40)25-11-14-29(34)15-12-25)27-8-4-7-24(21-27)23-39(20-5-17-35)33(41)26-9-10-26/h4,7-8,11-16,21-22,26H,5-6,9-10,17-20,23,35H2,1-3H3,(H,36,40). The molecule has 3 aromatic carbocycles. The van der Waals surface area contributed by atoms with E-state index in [0.29, 0.717) is 30.9 Å². The van der Waals surface area contributed by atoms with Gasteiger partial charge in [-0.1, -0.05) is 24.3 Å². The Bertz CT molecular complexity index is 1320. The largest absolute Gasteiger partial charge is 0.373 e. The second kappa shape index (κ2) is 14.2. The molecule has 2 amide bonds. The zero-order chi connectivity index (χ0) is 29.4. The molecule has 0 unspecified atom stereocenters. The van der Waals surface area contributed by atoms with Crippen molar-refractivity contribution in [2.75, 3.05) is 57.5 Å². The topological polar surface area (TPSA) is 81.9 Å². The molecule has 218 valence electrons. The summed E-state index contributed by atoms with van der Waals surface area (Å²) in [6.45, 7) is 3.53. The van der Waals surface area contributed by atoms with Crippen LogP contribution in [0.2, 0.25) is 0 Å². The summed E-state index contributed by atoms with van der Waals surface area (Å²) in [7, 11) is 6.12. The minimum absolute atomic E-state index is 0.158. The monoisotopic (exact) mass is 559 g/mol. The van der Waals surface area contributed by atoms with Crippen LogP contribution in [0.1, 0.15) is 41.6 Å². The Morgan fingerprint density at radius 1 is 0.902 bits per heavy atom. The highest BCUT2D eigenvalue weighted by Gasteiger charge is 2.33. The van der Waals surface area contributed by atoms with Crippen LogP contribution in [-0.4, -0.2) is 68.9 Å². The molecule has 7 nitrogen and oxygen atoms in total. The first-order valence-electron chi connectivity index (χ1n) is 14.4. The van der Waals surface area contributed by atoms with Gasteiger partial charge in [0.05, 0.1) is 11.4 Å². The Hall–Kier alpha value is -3.75. The molecule has 3 aromatic rings. The van der Waals surface area contributed by atoms with Gasteiger partial charge in [-0.3, -0.25) is 9.59 Å². The number of hydrogen-bond acceptors (Lipinski definition) is 5. The first-order chi connectivity index (χ1) is 19.7. The van der Waals surface area contributed by atoms with Crippen LogP contribution in [0.3, 0.4) is 0 Å². The van der Waals surface area contributed by atoms with Crippen molar-refractivity contribution in [3.05, 3.63) is 83.7 Å². The number of anilines is 2. The molecule has 0 saturated heterocycles. The van der Waals surface area contributed by atoms with Gasteiger partial charge in [-0.2, -0.15) is 0 Å². The molecule has 0 atom stereocenters. The number of carbonyl (C=O) groups excluding carboxylic acids is 2. The van der Waals surface area contributed by atoms with E-state index in [0.717, 1.165) is 61.2 Å². The summed E-state index contributed by atoms with van der Waals surface area (Å²) in [6, 6.07) is 19.8. The number of halogens is 1. The van der Waals surface area contributed by atoms with E-state index in [1.54, 1.807) is 0 Å². The van der Waals surface area contributed by atoms with Crippen molar-refractivity contribution >= 4 is 23.2 Å². The zero-order valence-corrected chi connectivity index (χ0v) is 24.4. The fraction of sp³-hybridized carbons (Fsp3) is 0.394. The van der Waals surface area contributed by atoms with Gasteiger partial charge < -0.3 is 25.8 Å². The maximum atomic E-state index is 13.5. The lowest BCUT2D eigenvalue weighted by atomic mass is 10.0.